The summed E-state index contributed by atoms with van der Waals surface area (Å²) in [5.41, 5.74) is 4.46. The molecule has 3 heteroatoms. The molecule has 0 fully saturated rings. The summed E-state index contributed by atoms with van der Waals surface area (Å²) >= 11 is 0. The van der Waals surface area contributed by atoms with Crippen LogP contribution < -0.4 is 4.90 Å². The molecule has 1 aromatic carbocycles. The smallest absolute Gasteiger partial charge is 0.0949 e. The number of benzene rings is 1. The summed E-state index contributed by atoms with van der Waals surface area (Å²) in [6, 6.07) is 6.92. The maximum atomic E-state index is 4.10. The van der Waals surface area contributed by atoms with Gasteiger partial charge >= 0.3 is 0 Å². The maximum Gasteiger partial charge on any atom is 0.0949 e. The van der Waals surface area contributed by atoms with Gasteiger partial charge in [-0.05, 0) is 50.8 Å². The quantitative estimate of drug-likeness (QED) is 0.832. The van der Waals surface area contributed by atoms with Gasteiger partial charge in [0, 0.05) is 36.7 Å². The Morgan fingerprint density at radius 2 is 2.10 bits per heavy atom. The molecule has 2 heterocycles. The number of imidazole rings is 1. The molecule has 0 N–H and O–H groups in total. The van der Waals surface area contributed by atoms with Crippen molar-refractivity contribution in [2.45, 2.75) is 45.7 Å². The van der Waals surface area contributed by atoms with E-state index in [1.165, 1.54) is 29.7 Å². The Morgan fingerprint density at radius 3 is 2.80 bits per heavy atom. The molecule has 1 aromatic heterocycles. The zero-order valence-corrected chi connectivity index (χ0v) is 12.6. The Balaban J connectivity index is 1.89. The van der Waals surface area contributed by atoms with E-state index in [-0.39, 0.29) is 5.54 Å². The van der Waals surface area contributed by atoms with Crippen LogP contribution in [0.1, 0.15) is 38.3 Å². The minimum atomic E-state index is 0.195. The normalized spacial score (nSPS) is 15.2. The Bertz CT molecular complexity index is 579. The second-order valence-corrected chi connectivity index (χ2v) is 6.62. The van der Waals surface area contributed by atoms with Crippen molar-refractivity contribution in [3.63, 3.8) is 0 Å². The summed E-state index contributed by atoms with van der Waals surface area (Å²) < 4.78 is 2.12. The largest absolute Gasteiger partial charge is 0.366 e. The van der Waals surface area contributed by atoms with E-state index in [0.29, 0.717) is 0 Å². The van der Waals surface area contributed by atoms with Crippen molar-refractivity contribution < 1.29 is 0 Å². The van der Waals surface area contributed by atoms with Crippen LogP contribution in [-0.2, 0) is 13.0 Å². The Kier molecular flexibility index (Phi) is 3.28. The van der Waals surface area contributed by atoms with Gasteiger partial charge in [0.15, 0.2) is 0 Å². The highest BCUT2D eigenvalue weighted by Crippen LogP contribution is 2.33. The Labute approximate surface area is 121 Å². The first kappa shape index (κ1) is 13.2. The molecule has 0 saturated heterocycles. The van der Waals surface area contributed by atoms with E-state index in [1.807, 2.05) is 18.7 Å². The molecule has 106 valence electrons. The first-order valence-corrected chi connectivity index (χ1v) is 7.39. The van der Waals surface area contributed by atoms with Crippen LogP contribution in [0.15, 0.2) is 36.9 Å². The number of aromatic nitrogens is 2. The third kappa shape index (κ3) is 2.58. The van der Waals surface area contributed by atoms with Crippen molar-refractivity contribution in [1.82, 2.24) is 9.55 Å². The third-order valence-corrected chi connectivity index (χ3v) is 4.00. The number of nitrogens with zero attached hydrogens (tertiary/aromatic N) is 3. The molecule has 1 aliphatic rings. The first-order valence-electron chi connectivity index (χ1n) is 7.39. The average Bonchev–Trinajstić information content (AvgIpc) is 2.89. The second kappa shape index (κ2) is 4.97. The van der Waals surface area contributed by atoms with Gasteiger partial charge in [0.2, 0.25) is 0 Å². The van der Waals surface area contributed by atoms with Gasteiger partial charge in [0.25, 0.3) is 0 Å². The molecule has 0 spiro atoms. The lowest BCUT2D eigenvalue weighted by molar-refractivity contribution is 0.483. The van der Waals surface area contributed by atoms with Crippen LogP contribution in [0, 0.1) is 0 Å². The van der Waals surface area contributed by atoms with Gasteiger partial charge in [-0.1, -0.05) is 12.1 Å². The highest BCUT2D eigenvalue weighted by Gasteiger charge is 2.26. The molecule has 0 unspecified atom stereocenters. The van der Waals surface area contributed by atoms with E-state index < -0.39 is 0 Å². The van der Waals surface area contributed by atoms with Crippen LogP contribution in [0.4, 0.5) is 5.69 Å². The monoisotopic (exact) mass is 269 g/mol. The van der Waals surface area contributed by atoms with Crippen LogP contribution in [0.25, 0.3) is 0 Å². The molecule has 0 saturated carbocycles. The summed E-state index contributed by atoms with van der Waals surface area (Å²) in [4.78, 5) is 6.64. The molecule has 20 heavy (non-hydrogen) atoms. The molecular formula is C17H23N3. The number of hydrogen-bond acceptors (Lipinski definition) is 2. The number of rotatable bonds is 2. The topological polar surface area (TPSA) is 21.1 Å². The molecule has 2 aromatic rings. The molecule has 0 radical (unpaired) electrons. The second-order valence-electron chi connectivity index (χ2n) is 6.62. The van der Waals surface area contributed by atoms with Gasteiger partial charge < -0.3 is 9.47 Å². The Morgan fingerprint density at radius 1 is 1.25 bits per heavy atom. The zero-order chi connectivity index (χ0) is 14.2. The molecule has 0 amide bonds. The standard InChI is InChI=1S/C17H23N3/c1-17(2,3)20-9-4-5-15-11-14(6-7-16(15)20)12-19-10-8-18-13-19/h6-8,10-11,13H,4-5,9,12H2,1-3H3. The van der Waals surface area contributed by atoms with Crippen LogP contribution in [-0.4, -0.2) is 21.6 Å². The molecule has 3 rings (SSSR count). The lowest BCUT2D eigenvalue weighted by Gasteiger charge is -2.41. The number of hydrogen-bond donors (Lipinski definition) is 0. The highest BCUT2D eigenvalue weighted by atomic mass is 15.2. The fourth-order valence-electron chi connectivity index (χ4n) is 3.04. The van der Waals surface area contributed by atoms with Gasteiger partial charge in [-0.25, -0.2) is 4.98 Å². The van der Waals surface area contributed by atoms with E-state index in [4.69, 9.17) is 0 Å². The van der Waals surface area contributed by atoms with E-state index in [1.54, 1.807) is 0 Å². The minimum Gasteiger partial charge on any atom is -0.366 e. The van der Waals surface area contributed by atoms with Crippen molar-refractivity contribution in [2.75, 3.05) is 11.4 Å². The maximum absolute atomic E-state index is 4.10. The fraction of sp³-hybridized carbons (Fsp3) is 0.471. The van der Waals surface area contributed by atoms with Gasteiger partial charge in [-0.3, -0.25) is 0 Å². The van der Waals surface area contributed by atoms with Crippen molar-refractivity contribution in [1.29, 1.82) is 0 Å². The van der Waals surface area contributed by atoms with Crippen molar-refractivity contribution in [2.24, 2.45) is 0 Å². The van der Waals surface area contributed by atoms with Crippen molar-refractivity contribution in [3.8, 4) is 0 Å². The minimum absolute atomic E-state index is 0.195. The SMILES string of the molecule is CC(C)(C)N1CCCc2cc(Cn3ccnc3)ccc21. The highest BCUT2D eigenvalue weighted by molar-refractivity contribution is 5.58. The Hall–Kier alpha value is -1.77. The lowest BCUT2D eigenvalue weighted by atomic mass is 9.94. The van der Waals surface area contributed by atoms with E-state index in [9.17, 15) is 0 Å². The van der Waals surface area contributed by atoms with E-state index >= 15 is 0 Å². The van der Waals surface area contributed by atoms with Crippen LogP contribution in [0.5, 0.6) is 0 Å². The van der Waals surface area contributed by atoms with Crippen LogP contribution >= 0.6 is 0 Å². The molecule has 3 nitrogen and oxygen atoms in total. The molecule has 1 aliphatic heterocycles. The molecule has 0 aliphatic carbocycles. The van der Waals surface area contributed by atoms with E-state index in [2.05, 4.69) is 53.4 Å². The number of aryl methyl sites for hydroxylation is 1. The van der Waals surface area contributed by atoms with Crippen LogP contribution in [0.3, 0.4) is 0 Å². The third-order valence-electron chi connectivity index (χ3n) is 4.00. The predicted molar refractivity (Wildman–Crippen MR) is 83.2 cm³/mol. The zero-order valence-electron chi connectivity index (χ0n) is 12.6. The summed E-state index contributed by atoms with van der Waals surface area (Å²) in [6.07, 6.45) is 8.17. The summed E-state index contributed by atoms with van der Waals surface area (Å²) in [6.45, 7) is 8.95. The summed E-state index contributed by atoms with van der Waals surface area (Å²) in [5.74, 6) is 0. The van der Waals surface area contributed by atoms with E-state index in [0.717, 1.165) is 13.1 Å². The first-order chi connectivity index (χ1) is 9.54. The average molecular weight is 269 g/mol. The van der Waals surface area contributed by atoms with Gasteiger partial charge in [-0.15, -0.1) is 0 Å². The lowest BCUT2D eigenvalue weighted by Crippen LogP contribution is -2.44. The fourth-order valence-corrected chi connectivity index (χ4v) is 3.04. The number of anilines is 1. The van der Waals surface area contributed by atoms with Crippen LogP contribution in [0.2, 0.25) is 0 Å². The predicted octanol–water partition coefficient (Wildman–Crippen LogP) is 3.48. The number of fused-ring (bicyclic) bond motifs is 1. The molecule has 0 atom stereocenters. The molecular weight excluding hydrogens is 246 g/mol. The van der Waals surface area contributed by atoms with Gasteiger partial charge in [0.1, 0.15) is 0 Å². The summed E-state index contributed by atoms with van der Waals surface area (Å²) in [7, 11) is 0. The van der Waals surface area contributed by atoms with Crippen molar-refractivity contribution >= 4 is 5.69 Å². The van der Waals surface area contributed by atoms with Crippen molar-refractivity contribution in [3.05, 3.63) is 48.0 Å². The molecule has 0 bridgehead atoms. The van der Waals surface area contributed by atoms with Gasteiger partial charge in [0.05, 0.1) is 6.33 Å². The summed E-state index contributed by atoms with van der Waals surface area (Å²) in [5, 5.41) is 0. The van der Waals surface area contributed by atoms with Gasteiger partial charge in [-0.2, -0.15) is 0 Å².